The van der Waals surface area contributed by atoms with Crippen LogP contribution in [0.15, 0.2) is 5.10 Å². The van der Waals surface area contributed by atoms with Gasteiger partial charge in [0.05, 0.1) is 7.11 Å². The summed E-state index contributed by atoms with van der Waals surface area (Å²) in [6.07, 6.45) is 10.4. The van der Waals surface area contributed by atoms with Crippen molar-refractivity contribution in [2.75, 3.05) is 7.11 Å². The highest BCUT2D eigenvalue weighted by atomic mass is 16.6. The Balaban J connectivity index is 2.66. The number of carbonyl (C=O) groups excluding carboxylic acids is 2. The number of carbonyl (C=O) groups is 2. The number of terminal acetylenes is 1. The molecule has 1 N–H and O–H groups in total. The Morgan fingerprint density at radius 3 is 2.61 bits per heavy atom. The number of nitrogens with zero attached hydrogens (tertiary/aromatic N) is 1. The summed E-state index contributed by atoms with van der Waals surface area (Å²) in [4.78, 5) is 23.7. The second-order valence-corrected chi connectivity index (χ2v) is 8.75. The molecule has 0 saturated heterocycles. The van der Waals surface area contributed by atoms with Gasteiger partial charge in [-0.05, 0) is 50.9 Å². The highest BCUT2D eigenvalue weighted by Crippen LogP contribution is 2.35. The molecule has 1 aliphatic carbocycles. The molecule has 1 saturated carbocycles. The van der Waals surface area contributed by atoms with E-state index in [-0.39, 0.29) is 24.4 Å². The highest BCUT2D eigenvalue weighted by molar-refractivity contribution is 5.72. The van der Waals surface area contributed by atoms with E-state index in [4.69, 9.17) is 11.2 Å². The van der Waals surface area contributed by atoms with Gasteiger partial charge in [-0.2, -0.15) is 5.10 Å². The third kappa shape index (κ3) is 7.53. The van der Waals surface area contributed by atoms with Gasteiger partial charge in [0.2, 0.25) is 0 Å². The molecule has 0 heterocycles. The van der Waals surface area contributed by atoms with Gasteiger partial charge in [-0.25, -0.2) is 10.2 Å². The Labute approximate surface area is 169 Å². The van der Waals surface area contributed by atoms with Crippen molar-refractivity contribution in [3.63, 3.8) is 0 Å². The van der Waals surface area contributed by atoms with Gasteiger partial charge >= 0.3 is 12.1 Å². The molecule has 6 heteroatoms. The summed E-state index contributed by atoms with van der Waals surface area (Å²) in [6, 6.07) is 0. The van der Waals surface area contributed by atoms with Gasteiger partial charge in [-0.15, -0.1) is 6.42 Å². The Morgan fingerprint density at radius 1 is 1.36 bits per heavy atom. The molecule has 1 aliphatic rings. The van der Waals surface area contributed by atoms with Crippen molar-refractivity contribution in [3.8, 4) is 12.3 Å². The van der Waals surface area contributed by atoms with Gasteiger partial charge in [0.1, 0.15) is 6.10 Å². The van der Waals surface area contributed by atoms with Crippen molar-refractivity contribution in [2.24, 2.45) is 34.2 Å². The van der Waals surface area contributed by atoms with Crippen LogP contribution in [0.3, 0.4) is 0 Å². The van der Waals surface area contributed by atoms with E-state index in [0.29, 0.717) is 24.2 Å². The molecule has 0 aromatic carbocycles. The minimum atomic E-state index is -0.550. The molecule has 0 aliphatic heterocycles. The number of hydrogen-bond donors (Lipinski definition) is 1. The highest BCUT2D eigenvalue weighted by Gasteiger charge is 2.33. The Hall–Kier alpha value is -2.03. The molecule has 6 nitrogen and oxygen atoms in total. The van der Waals surface area contributed by atoms with Crippen molar-refractivity contribution < 1.29 is 19.1 Å². The molecular weight excluding hydrogens is 356 g/mol. The van der Waals surface area contributed by atoms with E-state index in [1.807, 2.05) is 13.8 Å². The molecule has 28 heavy (non-hydrogen) atoms. The molecule has 0 radical (unpaired) electrons. The van der Waals surface area contributed by atoms with E-state index >= 15 is 0 Å². The Kier molecular flexibility index (Phi) is 9.51. The van der Waals surface area contributed by atoms with Crippen molar-refractivity contribution in [1.29, 1.82) is 0 Å². The lowest BCUT2D eigenvalue weighted by Gasteiger charge is -2.36. The zero-order chi connectivity index (χ0) is 21.3. The van der Waals surface area contributed by atoms with Crippen LogP contribution in [0.25, 0.3) is 0 Å². The summed E-state index contributed by atoms with van der Waals surface area (Å²) in [5.41, 5.74) is 1.95. The summed E-state index contributed by atoms with van der Waals surface area (Å²) in [5, 5.41) is 4.05. The second-order valence-electron chi connectivity index (χ2n) is 8.75. The van der Waals surface area contributed by atoms with Gasteiger partial charge in [-0.1, -0.05) is 33.1 Å². The first-order chi connectivity index (χ1) is 13.1. The maximum atomic E-state index is 12.2. The first-order valence-electron chi connectivity index (χ1n) is 10.1. The van der Waals surface area contributed by atoms with E-state index in [1.165, 1.54) is 13.5 Å². The van der Waals surface area contributed by atoms with Gasteiger partial charge in [0.15, 0.2) is 0 Å². The summed E-state index contributed by atoms with van der Waals surface area (Å²) >= 11 is 0. The average Bonchev–Trinajstić information content (AvgIpc) is 2.63. The summed E-state index contributed by atoms with van der Waals surface area (Å²) in [6.45, 7) is 10.3. The number of nitrogens with one attached hydrogen (secondary N) is 1. The Bertz CT molecular complexity index is 592. The smallest absolute Gasteiger partial charge is 0.428 e. The van der Waals surface area contributed by atoms with E-state index in [2.05, 4.69) is 42.0 Å². The lowest BCUT2D eigenvalue weighted by atomic mass is 9.75. The predicted molar refractivity (Wildman–Crippen MR) is 111 cm³/mol. The summed E-state index contributed by atoms with van der Waals surface area (Å²) in [5.74, 6) is 3.63. The molecule has 0 aromatic rings. The van der Waals surface area contributed by atoms with Crippen LogP contribution < -0.4 is 5.43 Å². The standard InChI is InChI=1S/C22H36N2O4/c1-8-22(5,6)17(10-12-20(25)27-7)14-23-24-21(26)28-19-13-16(4)9-11-18(19)15(2)3/h1,14-19H,9-13H2,2-7H3,(H,24,26)/b23-14-/t16?,17?,18?,19-/m0/s1. The fourth-order valence-corrected chi connectivity index (χ4v) is 3.70. The van der Waals surface area contributed by atoms with Crippen LogP contribution >= 0.6 is 0 Å². The number of hydrazone groups is 1. The van der Waals surface area contributed by atoms with Gasteiger partial charge < -0.3 is 9.47 Å². The minimum absolute atomic E-state index is 0.0868. The molecule has 3 unspecified atom stereocenters. The molecule has 1 fully saturated rings. The number of esters is 1. The van der Waals surface area contributed by atoms with Gasteiger partial charge in [0.25, 0.3) is 0 Å². The van der Waals surface area contributed by atoms with Crippen LogP contribution in [-0.2, 0) is 14.3 Å². The van der Waals surface area contributed by atoms with Crippen LogP contribution in [0, 0.1) is 41.4 Å². The second kappa shape index (κ2) is 11.1. The van der Waals surface area contributed by atoms with Crippen LogP contribution in [0.1, 0.15) is 66.7 Å². The van der Waals surface area contributed by atoms with Gasteiger partial charge in [-0.3, -0.25) is 4.79 Å². The molecule has 1 amide bonds. The molecule has 0 spiro atoms. The van der Waals surface area contributed by atoms with Gasteiger partial charge in [0, 0.05) is 24.0 Å². The number of rotatable bonds is 8. The van der Waals surface area contributed by atoms with Crippen molar-refractivity contribution in [1.82, 2.24) is 5.43 Å². The zero-order valence-electron chi connectivity index (χ0n) is 18.2. The minimum Gasteiger partial charge on any atom is -0.469 e. The van der Waals surface area contributed by atoms with E-state index < -0.39 is 11.5 Å². The first kappa shape index (κ1) is 24.0. The molecular formula is C22H36N2O4. The monoisotopic (exact) mass is 392 g/mol. The van der Waals surface area contributed by atoms with E-state index in [9.17, 15) is 9.59 Å². The molecule has 0 aromatic heterocycles. The summed E-state index contributed by atoms with van der Waals surface area (Å²) in [7, 11) is 1.35. The van der Waals surface area contributed by atoms with Crippen LogP contribution in [-0.4, -0.2) is 31.5 Å². The number of hydrogen-bond acceptors (Lipinski definition) is 5. The maximum Gasteiger partial charge on any atom is 0.428 e. The molecule has 158 valence electrons. The van der Waals surface area contributed by atoms with E-state index in [1.54, 1.807) is 6.21 Å². The van der Waals surface area contributed by atoms with E-state index in [0.717, 1.165) is 12.8 Å². The quantitative estimate of drug-likeness (QED) is 0.288. The first-order valence-corrected chi connectivity index (χ1v) is 10.1. The summed E-state index contributed by atoms with van der Waals surface area (Å²) < 4.78 is 10.4. The average molecular weight is 393 g/mol. The lowest BCUT2D eigenvalue weighted by molar-refractivity contribution is -0.140. The topological polar surface area (TPSA) is 77.0 Å². The largest absolute Gasteiger partial charge is 0.469 e. The molecule has 0 bridgehead atoms. The maximum absolute atomic E-state index is 12.2. The molecule has 4 atom stereocenters. The van der Waals surface area contributed by atoms with Crippen LogP contribution in [0.5, 0.6) is 0 Å². The van der Waals surface area contributed by atoms with Crippen molar-refractivity contribution in [3.05, 3.63) is 0 Å². The SMILES string of the molecule is C#CC(C)(C)C(/C=N\NC(=O)O[C@H]1CC(C)CCC1C(C)C)CCC(=O)OC. The third-order valence-electron chi connectivity index (χ3n) is 5.82. The Morgan fingerprint density at radius 2 is 2.04 bits per heavy atom. The predicted octanol–water partition coefficient (Wildman–Crippen LogP) is 4.39. The van der Waals surface area contributed by atoms with Crippen LogP contribution in [0.4, 0.5) is 4.79 Å². The third-order valence-corrected chi connectivity index (χ3v) is 5.82. The number of ether oxygens (including phenoxy) is 2. The van der Waals surface area contributed by atoms with Crippen molar-refractivity contribution in [2.45, 2.75) is 72.8 Å². The zero-order valence-corrected chi connectivity index (χ0v) is 18.2. The van der Waals surface area contributed by atoms with Crippen molar-refractivity contribution >= 4 is 18.3 Å². The van der Waals surface area contributed by atoms with Crippen LogP contribution in [0.2, 0.25) is 0 Å². The number of methoxy groups -OCH3 is 1. The fourth-order valence-electron chi connectivity index (χ4n) is 3.70. The normalized spacial score (nSPS) is 23.9. The fraction of sp³-hybridized carbons (Fsp3) is 0.773. The number of amides is 1. The lowest BCUT2D eigenvalue weighted by Crippen LogP contribution is -2.38. The molecule has 1 rings (SSSR count).